The third-order valence-corrected chi connectivity index (χ3v) is 3.88. The molecule has 1 heterocycles. The minimum absolute atomic E-state index is 0.126. The predicted octanol–water partition coefficient (Wildman–Crippen LogP) is 1.47. The molecular formula is C16H21N5O3. The van der Waals surface area contributed by atoms with Gasteiger partial charge in [0.1, 0.15) is 6.04 Å². The Balaban J connectivity index is 2.30. The lowest BCUT2D eigenvalue weighted by Crippen LogP contribution is -2.45. The van der Waals surface area contributed by atoms with Crippen LogP contribution in [0, 0.1) is 5.92 Å². The molecule has 0 saturated carbocycles. The molecule has 0 bridgehead atoms. The summed E-state index contributed by atoms with van der Waals surface area (Å²) in [5, 5.41) is 21.4. The number of carbonyl (C=O) groups is 2. The highest BCUT2D eigenvalue weighted by atomic mass is 16.4. The van der Waals surface area contributed by atoms with Crippen LogP contribution in [0.4, 0.5) is 0 Å². The Morgan fingerprint density at radius 3 is 2.33 bits per heavy atom. The van der Waals surface area contributed by atoms with Gasteiger partial charge in [-0.3, -0.25) is 4.79 Å². The van der Waals surface area contributed by atoms with Crippen LogP contribution in [0.5, 0.6) is 0 Å². The van der Waals surface area contributed by atoms with Crippen molar-refractivity contribution in [1.29, 1.82) is 0 Å². The molecule has 8 nitrogen and oxygen atoms in total. The summed E-state index contributed by atoms with van der Waals surface area (Å²) in [6, 6.07) is 7.67. The Labute approximate surface area is 140 Å². The number of carboxylic acid groups (broad SMARTS) is 1. The number of nitrogens with zero attached hydrogens (tertiary/aromatic N) is 5. The second kappa shape index (κ2) is 7.20. The van der Waals surface area contributed by atoms with E-state index in [4.69, 9.17) is 5.11 Å². The minimum Gasteiger partial charge on any atom is -0.480 e. The van der Waals surface area contributed by atoms with Crippen LogP contribution < -0.4 is 0 Å². The fourth-order valence-corrected chi connectivity index (χ4v) is 2.26. The van der Waals surface area contributed by atoms with Gasteiger partial charge in [0.05, 0.1) is 0 Å². The molecule has 0 aliphatic carbocycles. The second-order valence-electron chi connectivity index (χ2n) is 5.95. The summed E-state index contributed by atoms with van der Waals surface area (Å²) in [5.74, 6) is -1.14. The third-order valence-electron chi connectivity index (χ3n) is 3.88. The number of benzene rings is 1. The number of aromatic nitrogens is 4. The molecule has 0 aliphatic rings. The molecule has 8 heteroatoms. The van der Waals surface area contributed by atoms with E-state index in [1.807, 2.05) is 44.2 Å². The number of tetrazole rings is 1. The fourth-order valence-electron chi connectivity index (χ4n) is 2.26. The van der Waals surface area contributed by atoms with Crippen LogP contribution in [0.25, 0.3) is 11.4 Å². The van der Waals surface area contributed by atoms with E-state index in [2.05, 4.69) is 15.4 Å². The van der Waals surface area contributed by atoms with Crippen LogP contribution in [0.1, 0.15) is 26.8 Å². The standard InChI is InChI=1S/C16H21N5O3/c1-10(2)13(15(22)20(4)11(3)16(23)24)21-18-14(17-19-21)12-8-6-5-7-9-12/h5-11,13H,1-4H3,(H,23,24). The monoisotopic (exact) mass is 331 g/mol. The van der Waals surface area contributed by atoms with E-state index >= 15 is 0 Å². The van der Waals surface area contributed by atoms with Gasteiger partial charge in [-0.2, -0.15) is 4.80 Å². The highest BCUT2D eigenvalue weighted by Crippen LogP contribution is 2.21. The highest BCUT2D eigenvalue weighted by molar-refractivity contribution is 5.85. The van der Waals surface area contributed by atoms with E-state index in [1.54, 1.807) is 0 Å². The van der Waals surface area contributed by atoms with Crippen LogP contribution in [0.3, 0.4) is 0 Å². The van der Waals surface area contributed by atoms with Gasteiger partial charge in [0, 0.05) is 12.6 Å². The van der Waals surface area contributed by atoms with Gasteiger partial charge in [0.15, 0.2) is 6.04 Å². The number of likely N-dealkylation sites (N-methyl/N-ethyl adjacent to an activating group) is 1. The van der Waals surface area contributed by atoms with Gasteiger partial charge in [-0.25, -0.2) is 4.79 Å². The summed E-state index contributed by atoms with van der Waals surface area (Å²) >= 11 is 0. The lowest BCUT2D eigenvalue weighted by molar-refractivity contribution is -0.150. The second-order valence-corrected chi connectivity index (χ2v) is 5.95. The zero-order chi connectivity index (χ0) is 17.9. The average molecular weight is 331 g/mol. The molecule has 0 saturated heterocycles. The lowest BCUT2D eigenvalue weighted by Gasteiger charge is -2.27. The summed E-state index contributed by atoms with van der Waals surface area (Å²) in [6.07, 6.45) is 0. The zero-order valence-electron chi connectivity index (χ0n) is 14.1. The van der Waals surface area contributed by atoms with Gasteiger partial charge in [-0.05, 0) is 18.1 Å². The van der Waals surface area contributed by atoms with E-state index < -0.39 is 18.1 Å². The maximum atomic E-state index is 12.7. The summed E-state index contributed by atoms with van der Waals surface area (Å²) in [4.78, 5) is 26.3. The lowest BCUT2D eigenvalue weighted by atomic mass is 10.0. The molecule has 0 spiro atoms. The summed E-state index contributed by atoms with van der Waals surface area (Å²) in [5.41, 5.74) is 0.797. The van der Waals surface area contributed by atoms with Crippen LogP contribution in [0.2, 0.25) is 0 Å². The average Bonchev–Trinajstić information content (AvgIpc) is 3.03. The first kappa shape index (κ1) is 17.6. The van der Waals surface area contributed by atoms with Crippen molar-refractivity contribution in [3.05, 3.63) is 30.3 Å². The van der Waals surface area contributed by atoms with Crippen molar-refractivity contribution in [2.45, 2.75) is 32.9 Å². The molecule has 1 aromatic heterocycles. The van der Waals surface area contributed by atoms with E-state index in [9.17, 15) is 9.59 Å². The van der Waals surface area contributed by atoms with Gasteiger partial charge in [-0.15, -0.1) is 10.2 Å². The molecule has 0 fully saturated rings. The maximum Gasteiger partial charge on any atom is 0.326 e. The molecule has 2 atom stereocenters. The van der Waals surface area contributed by atoms with Gasteiger partial charge in [0.25, 0.3) is 0 Å². The summed E-state index contributed by atoms with van der Waals surface area (Å²) in [7, 11) is 1.46. The Bertz CT molecular complexity index is 714. The van der Waals surface area contributed by atoms with Crippen molar-refractivity contribution >= 4 is 11.9 Å². The number of carboxylic acids is 1. The largest absolute Gasteiger partial charge is 0.480 e. The van der Waals surface area contributed by atoms with Crippen LogP contribution in [0.15, 0.2) is 30.3 Å². The molecule has 1 aromatic carbocycles. The van der Waals surface area contributed by atoms with Crippen molar-refractivity contribution in [3.8, 4) is 11.4 Å². The fraction of sp³-hybridized carbons (Fsp3) is 0.438. The predicted molar refractivity (Wildman–Crippen MR) is 87.0 cm³/mol. The quantitative estimate of drug-likeness (QED) is 0.860. The van der Waals surface area contributed by atoms with Crippen molar-refractivity contribution < 1.29 is 14.7 Å². The Hall–Kier alpha value is -2.77. The van der Waals surface area contributed by atoms with E-state index in [1.165, 1.54) is 23.7 Å². The first-order valence-corrected chi connectivity index (χ1v) is 7.67. The zero-order valence-corrected chi connectivity index (χ0v) is 14.1. The molecule has 0 aliphatic heterocycles. The smallest absolute Gasteiger partial charge is 0.326 e. The van der Waals surface area contributed by atoms with Crippen molar-refractivity contribution in [2.24, 2.45) is 5.92 Å². The topological polar surface area (TPSA) is 101 Å². The van der Waals surface area contributed by atoms with Crippen LogP contribution >= 0.6 is 0 Å². The first-order valence-electron chi connectivity index (χ1n) is 7.67. The number of amides is 1. The molecule has 2 rings (SSSR count). The van der Waals surface area contributed by atoms with Crippen molar-refractivity contribution in [2.75, 3.05) is 7.05 Å². The van der Waals surface area contributed by atoms with E-state index in [0.29, 0.717) is 5.82 Å². The molecule has 24 heavy (non-hydrogen) atoms. The van der Waals surface area contributed by atoms with Crippen LogP contribution in [-0.2, 0) is 9.59 Å². The third kappa shape index (κ3) is 3.58. The normalized spacial score (nSPS) is 13.5. The molecule has 0 radical (unpaired) electrons. The minimum atomic E-state index is -1.06. The van der Waals surface area contributed by atoms with Gasteiger partial charge in [0.2, 0.25) is 11.7 Å². The van der Waals surface area contributed by atoms with Gasteiger partial charge >= 0.3 is 5.97 Å². The SMILES string of the molecule is CC(C)C(C(=O)N(C)C(C)C(=O)O)n1nnc(-c2ccccc2)n1. The molecule has 2 aromatic rings. The number of aliphatic carboxylic acids is 1. The Kier molecular flexibility index (Phi) is 5.28. The Morgan fingerprint density at radius 1 is 1.17 bits per heavy atom. The Morgan fingerprint density at radius 2 is 1.79 bits per heavy atom. The maximum absolute atomic E-state index is 12.7. The molecular weight excluding hydrogens is 310 g/mol. The highest BCUT2D eigenvalue weighted by Gasteiger charge is 2.33. The van der Waals surface area contributed by atoms with Crippen molar-refractivity contribution in [1.82, 2.24) is 25.1 Å². The van der Waals surface area contributed by atoms with E-state index in [0.717, 1.165) is 5.56 Å². The molecule has 128 valence electrons. The van der Waals surface area contributed by atoms with Crippen molar-refractivity contribution in [3.63, 3.8) is 0 Å². The van der Waals surface area contributed by atoms with Gasteiger partial charge in [-0.1, -0.05) is 44.2 Å². The molecule has 1 amide bonds. The number of rotatable bonds is 6. The first-order chi connectivity index (χ1) is 11.3. The van der Waals surface area contributed by atoms with Gasteiger partial charge < -0.3 is 10.0 Å². The summed E-state index contributed by atoms with van der Waals surface area (Å²) in [6.45, 7) is 5.17. The van der Waals surface area contributed by atoms with Crippen LogP contribution in [-0.4, -0.2) is 55.2 Å². The molecule has 1 N–H and O–H groups in total. The number of hydrogen-bond acceptors (Lipinski definition) is 5. The summed E-state index contributed by atoms with van der Waals surface area (Å²) < 4.78 is 0. The van der Waals surface area contributed by atoms with E-state index in [-0.39, 0.29) is 11.8 Å². The number of carbonyl (C=O) groups excluding carboxylic acids is 1. The molecule has 2 unspecified atom stereocenters. The number of hydrogen-bond donors (Lipinski definition) is 1.